The fourth-order valence-corrected chi connectivity index (χ4v) is 2.24. The Bertz CT molecular complexity index is 626. The van der Waals surface area contributed by atoms with Gasteiger partial charge >= 0.3 is 61.2 Å². The molecule has 0 spiro atoms. The van der Waals surface area contributed by atoms with Crippen LogP contribution in [-0.2, 0) is 47.2 Å². The summed E-state index contributed by atoms with van der Waals surface area (Å²) in [6.07, 6.45) is 1.61. The topological polar surface area (TPSA) is 89.0 Å². The van der Waals surface area contributed by atoms with E-state index in [2.05, 4.69) is 73.4 Å². The molecule has 30 heavy (non-hydrogen) atoms. The van der Waals surface area contributed by atoms with Gasteiger partial charge in [-0.1, -0.05) is 0 Å². The Kier molecular flexibility index (Phi) is 23.5. The summed E-state index contributed by atoms with van der Waals surface area (Å²) in [6, 6.07) is 13.5. The third kappa shape index (κ3) is 12.6. The van der Waals surface area contributed by atoms with Gasteiger partial charge in [0.15, 0.2) is 0 Å². The number of hydrogen-bond acceptors (Lipinski definition) is 6. The molecular formula is C20H28Br2N2O4Pd2. The van der Waals surface area contributed by atoms with Gasteiger partial charge in [0.05, 0.1) is 39.9 Å². The van der Waals surface area contributed by atoms with E-state index in [1.807, 2.05) is 12.1 Å². The fourth-order valence-electron chi connectivity index (χ4n) is 2.24. The van der Waals surface area contributed by atoms with Crippen molar-refractivity contribution in [3.63, 3.8) is 0 Å². The summed E-state index contributed by atoms with van der Waals surface area (Å²) in [5.74, 6) is 2.85. The molecule has 0 aromatic heterocycles. The molecule has 6 nitrogen and oxygen atoms in total. The summed E-state index contributed by atoms with van der Waals surface area (Å²) in [4.78, 5) is 0. The minimum atomic E-state index is 0.617. The zero-order valence-electron chi connectivity index (χ0n) is 17.3. The van der Waals surface area contributed by atoms with Gasteiger partial charge in [-0.05, 0) is 25.9 Å². The van der Waals surface area contributed by atoms with Gasteiger partial charge in [-0.25, -0.2) is 0 Å². The van der Waals surface area contributed by atoms with Crippen molar-refractivity contribution < 1.29 is 53.3 Å². The Morgan fingerprint density at radius 1 is 0.667 bits per heavy atom. The van der Waals surface area contributed by atoms with Gasteiger partial charge in [0.25, 0.3) is 0 Å². The second kappa shape index (κ2) is 22.1. The first-order valence-corrected chi connectivity index (χ1v) is 15.6. The maximum absolute atomic E-state index is 5.43. The Morgan fingerprint density at radius 2 is 0.967 bits per heavy atom. The van der Waals surface area contributed by atoms with Crippen molar-refractivity contribution in [2.45, 2.75) is 12.8 Å². The van der Waals surface area contributed by atoms with E-state index in [-0.39, 0.29) is 0 Å². The van der Waals surface area contributed by atoms with Gasteiger partial charge in [0.2, 0.25) is 0 Å². The summed E-state index contributed by atoms with van der Waals surface area (Å²) in [5, 5.41) is 0. The van der Waals surface area contributed by atoms with Crippen LogP contribution >= 0.6 is 26.9 Å². The molecule has 0 atom stereocenters. The maximum atomic E-state index is 5.43. The Labute approximate surface area is 215 Å². The van der Waals surface area contributed by atoms with E-state index in [9.17, 15) is 0 Å². The summed E-state index contributed by atoms with van der Waals surface area (Å²) < 4.78 is 20.4. The molecular weight excluding hydrogens is 705 g/mol. The van der Waals surface area contributed by atoms with Crippen LogP contribution in [0.1, 0.15) is 11.1 Å². The van der Waals surface area contributed by atoms with E-state index in [1.54, 1.807) is 40.6 Å². The normalized spacial score (nSPS) is 8.93. The molecule has 2 rings (SSSR count). The van der Waals surface area contributed by atoms with Crippen LogP contribution in [0.2, 0.25) is 0 Å². The Morgan fingerprint density at radius 3 is 1.20 bits per heavy atom. The number of rotatable bonds is 8. The average Bonchev–Trinajstić information content (AvgIpc) is 2.82. The molecule has 0 heterocycles. The SMILES string of the molecule is COc1c[c-]c(CCN)cc1OC.COc1c[c-]c(CCN)cc1OC.[Br][Pd+].[Br][Pd+]. The van der Waals surface area contributed by atoms with E-state index < -0.39 is 0 Å². The first-order valence-electron chi connectivity index (χ1n) is 8.52. The zero-order chi connectivity index (χ0) is 23.4. The molecule has 0 saturated heterocycles. The molecule has 0 aliphatic carbocycles. The summed E-state index contributed by atoms with van der Waals surface area (Å²) in [5.41, 5.74) is 12.9. The molecule has 10 heteroatoms. The fraction of sp³-hybridized carbons (Fsp3) is 0.400. The molecule has 4 N–H and O–H groups in total. The molecule has 176 valence electrons. The van der Waals surface area contributed by atoms with Crippen molar-refractivity contribution in [2.24, 2.45) is 11.5 Å². The van der Waals surface area contributed by atoms with Gasteiger partial charge in [-0.15, -0.1) is 24.3 Å². The average molecular weight is 733 g/mol. The van der Waals surface area contributed by atoms with Crippen LogP contribution < -0.4 is 30.4 Å². The van der Waals surface area contributed by atoms with Crippen molar-refractivity contribution in [3.05, 3.63) is 47.5 Å². The van der Waals surface area contributed by atoms with Crippen LogP contribution in [0.4, 0.5) is 0 Å². The van der Waals surface area contributed by atoms with E-state index in [0.717, 1.165) is 35.5 Å². The molecule has 0 aliphatic rings. The quantitative estimate of drug-likeness (QED) is 0.318. The van der Waals surface area contributed by atoms with Crippen LogP contribution in [0.3, 0.4) is 0 Å². The summed E-state index contributed by atoms with van der Waals surface area (Å²) in [6.45, 7) is 1.23. The second-order valence-corrected chi connectivity index (χ2v) is 5.27. The molecule has 0 fully saturated rings. The van der Waals surface area contributed by atoms with Gasteiger partial charge in [0, 0.05) is 11.5 Å². The Balaban J connectivity index is 0. The van der Waals surface area contributed by atoms with Crippen molar-refractivity contribution in [1.82, 2.24) is 0 Å². The summed E-state index contributed by atoms with van der Waals surface area (Å²) >= 11 is 10.7. The van der Waals surface area contributed by atoms with Crippen molar-refractivity contribution in [1.29, 1.82) is 0 Å². The van der Waals surface area contributed by atoms with Gasteiger partial charge in [-0.2, -0.15) is 23.3 Å². The van der Waals surface area contributed by atoms with E-state index in [1.165, 1.54) is 0 Å². The number of benzene rings is 2. The van der Waals surface area contributed by atoms with Crippen molar-refractivity contribution in [2.75, 3.05) is 41.5 Å². The molecule has 0 aliphatic heterocycles. The van der Waals surface area contributed by atoms with Crippen LogP contribution in [0.5, 0.6) is 23.0 Å². The number of ether oxygens (including phenoxy) is 4. The number of methoxy groups -OCH3 is 4. The van der Waals surface area contributed by atoms with Gasteiger partial charge < -0.3 is 30.4 Å². The third-order valence-electron chi connectivity index (χ3n) is 3.58. The first kappa shape index (κ1) is 32.0. The van der Waals surface area contributed by atoms with Crippen molar-refractivity contribution in [3.8, 4) is 23.0 Å². The minimum absolute atomic E-state index is 0.617. The van der Waals surface area contributed by atoms with Gasteiger partial charge in [-0.3, -0.25) is 0 Å². The van der Waals surface area contributed by atoms with Gasteiger partial charge in [0.1, 0.15) is 0 Å². The molecule has 0 bridgehead atoms. The molecule has 0 radical (unpaired) electrons. The molecule has 0 amide bonds. The van der Waals surface area contributed by atoms with Crippen LogP contribution in [0.15, 0.2) is 24.3 Å². The Hall–Kier alpha value is -0.155. The van der Waals surface area contributed by atoms with Crippen molar-refractivity contribution >= 4 is 26.9 Å². The van der Waals surface area contributed by atoms with E-state index in [0.29, 0.717) is 24.6 Å². The first-order chi connectivity index (χ1) is 14.6. The number of hydrogen-bond donors (Lipinski definition) is 2. The third-order valence-corrected chi connectivity index (χ3v) is 3.58. The number of halogens is 2. The second-order valence-electron chi connectivity index (χ2n) is 5.27. The zero-order valence-corrected chi connectivity index (χ0v) is 23.6. The monoisotopic (exact) mass is 730 g/mol. The predicted molar refractivity (Wildman–Crippen MR) is 120 cm³/mol. The standard InChI is InChI=1S/2C10H14NO2.2BrH.2Pd/c2*1-12-9-4-3-8(5-6-11)7-10(9)13-2;;;;/h2*4,7H,5-6,11H2,1-2H3;2*1H;;/q2*-1;;;2*+2/p-2. The summed E-state index contributed by atoms with van der Waals surface area (Å²) in [7, 11) is 6.44. The van der Waals surface area contributed by atoms with Crippen LogP contribution in [0.25, 0.3) is 0 Å². The predicted octanol–water partition coefficient (Wildman–Crippen LogP) is 3.70. The van der Waals surface area contributed by atoms with E-state index >= 15 is 0 Å². The molecule has 2 aromatic rings. The number of nitrogens with two attached hydrogens (primary N) is 2. The van der Waals surface area contributed by atoms with E-state index in [4.69, 9.17) is 30.4 Å². The van der Waals surface area contributed by atoms with Crippen LogP contribution in [0, 0.1) is 12.1 Å². The van der Waals surface area contributed by atoms with Crippen LogP contribution in [-0.4, -0.2) is 41.5 Å². The molecule has 0 unspecified atom stereocenters. The molecule has 0 saturated carbocycles. The molecule has 2 aromatic carbocycles.